The summed E-state index contributed by atoms with van der Waals surface area (Å²) in [5.74, 6) is 0.749. The van der Waals surface area contributed by atoms with Crippen LogP contribution in [0, 0.1) is 0 Å². The maximum atomic E-state index is 13.1. The molecule has 6 nitrogen and oxygen atoms in total. The number of amides is 2. The zero-order chi connectivity index (χ0) is 20.9. The van der Waals surface area contributed by atoms with Crippen LogP contribution in [0.3, 0.4) is 0 Å². The first-order valence-corrected chi connectivity index (χ1v) is 11.6. The fraction of sp³-hybridized carbons (Fsp3) is 0.478. The van der Waals surface area contributed by atoms with Gasteiger partial charge in [0.2, 0.25) is 5.91 Å². The number of thiophene rings is 1. The fourth-order valence-corrected chi connectivity index (χ4v) is 5.25. The number of methoxy groups -OCH3 is 1. The van der Waals surface area contributed by atoms with Crippen LogP contribution in [0.2, 0.25) is 0 Å². The molecule has 0 bridgehead atoms. The molecule has 2 atom stereocenters. The van der Waals surface area contributed by atoms with Crippen LogP contribution in [0.25, 0.3) is 0 Å². The molecule has 2 saturated heterocycles. The number of ether oxygens (including phenoxy) is 1. The van der Waals surface area contributed by atoms with Gasteiger partial charge in [0, 0.05) is 18.7 Å². The SMILES string of the molecule is COc1ccccc1C(CNC(=O)C1CCCN1C(=O)c1cccs1)N1CCCC1. The molecule has 2 aliphatic heterocycles. The maximum Gasteiger partial charge on any atom is 0.264 e. The molecule has 160 valence electrons. The molecule has 30 heavy (non-hydrogen) atoms. The lowest BCUT2D eigenvalue weighted by molar-refractivity contribution is -0.125. The molecule has 0 aliphatic carbocycles. The average molecular weight is 428 g/mol. The Hall–Kier alpha value is -2.38. The summed E-state index contributed by atoms with van der Waals surface area (Å²) in [7, 11) is 1.69. The highest BCUT2D eigenvalue weighted by Gasteiger charge is 2.35. The van der Waals surface area contributed by atoms with Crippen LogP contribution in [0.4, 0.5) is 0 Å². The molecule has 2 aliphatic rings. The Bertz CT molecular complexity index is 864. The van der Waals surface area contributed by atoms with Crippen molar-refractivity contribution in [1.29, 1.82) is 0 Å². The third-order valence-corrected chi connectivity index (χ3v) is 6.96. The fourth-order valence-electron chi connectivity index (χ4n) is 4.57. The summed E-state index contributed by atoms with van der Waals surface area (Å²) >= 11 is 1.42. The summed E-state index contributed by atoms with van der Waals surface area (Å²) in [6.07, 6.45) is 3.92. The van der Waals surface area contributed by atoms with Crippen molar-refractivity contribution >= 4 is 23.2 Å². The molecular weight excluding hydrogens is 398 g/mol. The van der Waals surface area contributed by atoms with Gasteiger partial charge in [-0.05, 0) is 56.3 Å². The molecule has 2 aromatic rings. The van der Waals surface area contributed by atoms with E-state index >= 15 is 0 Å². The predicted molar refractivity (Wildman–Crippen MR) is 118 cm³/mol. The Labute approximate surface area is 181 Å². The number of nitrogens with zero attached hydrogens (tertiary/aromatic N) is 2. The molecule has 1 N–H and O–H groups in total. The molecule has 3 heterocycles. The summed E-state index contributed by atoms with van der Waals surface area (Å²) in [6, 6.07) is 11.4. The Kier molecular flexibility index (Phi) is 6.69. The van der Waals surface area contributed by atoms with Crippen molar-refractivity contribution in [3.8, 4) is 5.75 Å². The number of carbonyl (C=O) groups is 2. The molecule has 2 amide bonds. The number of para-hydroxylation sites is 1. The normalized spacial score (nSPS) is 20.3. The second kappa shape index (κ2) is 9.62. The minimum atomic E-state index is -0.392. The third kappa shape index (κ3) is 4.37. The molecule has 0 saturated carbocycles. The van der Waals surface area contributed by atoms with Crippen LogP contribution in [-0.4, -0.2) is 60.9 Å². The molecule has 2 unspecified atom stereocenters. The van der Waals surface area contributed by atoms with Gasteiger partial charge in [-0.15, -0.1) is 11.3 Å². The molecule has 7 heteroatoms. The average Bonchev–Trinajstić information content (AvgIpc) is 3.56. The van der Waals surface area contributed by atoms with Gasteiger partial charge in [0.25, 0.3) is 5.91 Å². The van der Waals surface area contributed by atoms with Crippen LogP contribution < -0.4 is 10.1 Å². The first-order chi connectivity index (χ1) is 14.7. The number of hydrogen-bond donors (Lipinski definition) is 1. The lowest BCUT2D eigenvalue weighted by Crippen LogP contribution is -2.47. The van der Waals surface area contributed by atoms with Crippen LogP contribution in [0.5, 0.6) is 5.75 Å². The van der Waals surface area contributed by atoms with E-state index in [0.717, 1.165) is 30.8 Å². The number of nitrogens with one attached hydrogen (secondary N) is 1. The van der Waals surface area contributed by atoms with Crippen LogP contribution >= 0.6 is 11.3 Å². The van der Waals surface area contributed by atoms with Crippen molar-refractivity contribution in [2.45, 2.75) is 37.8 Å². The summed E-state index contributed by atoms with van der Waals surface area (Å²) < 4.78 is 5.59. The number of benzene rings is 1. The number of rotatable bonds is 7. The van der Waals surface area contributed by atoms with Gasteiger partial charge < -0.3 is 15.0 Å². The van der Waals surface area contributed by atoms with Crippen molar-refractivity contribution in [2.75, 3.05) is 33.3 Å². The predicted octanol–water partition coefficient (Wildman–Crippen LogP) is 3.31. The Balaban J connectivity index is 1.46. The molecule has 1 aromatic heterocycles. The molecule has 0 radical (unpaired) electrons. The minimum Gasteiger partial charge on any atom is -0.496 e. The Morgan fingerprint density at radius 2 is 1.93 bits per heavy atom. The quantitative estimate of drug-likeness (QED) is 0.736. The van der Waals surface area contributed by atoms with Gasteiger partial charge >= 0.3 is 0 Å². The van der Waals surface area contributed by atoms with Crippen LogP contribution in [0.1, 0.15) is 47.0 Å². The van der Waals surface area contributed by atoms with E-state index < -0.39 is 6.04 Å². The van der Waals surface area contributed by atoms with Gasteiger partial charge in [0.1, 0.15) is 11.8 Å². The summed E-state index contributed by atoms with van der Waals surface area (Å²) in [6.45, 7) is 3.18. The largest absolute Gasteiger partial charge is 0.496 e. The van der Waals surface area contributed by atoms with E-state index in [4.69, 9.17) is 4.74 Å². The van der Waals surface area contributed by atoms with Gasteiger partial charge in [-0.25, -0.2) is 0 Å². The minimum absolute atomic E-state index is 0.0385. The molecule has 4 rings (SSSR count). The monoisotopic (exact) mass is 427 g/mol. The topological polar surface area (TPSA) is 61.9 Å². The van der Waals surface area contributed by atoms with E-state index in [9.17, 15) is 9.59 Å². The molecule has 1 aromatic carbocycles. The van der Waals surface area contributed by atoms with E-state index in [0.29, 0.717) is 24.4 Å². The lowest BCUT2D eigenvalue weighted by Gasteiger charge is -2.30. The molecule has 0 spiro atoms. The van der Waals surface area contributed by atoms with Gasteiger partial charge in [-0.2, -0.15) is 0 Å². The van der Waals surface area contributed by atoms with Crippen molar-refractivity contribution < 1.29 is 14.3 Å². The summed E-state index contributed by atoms with van der Waals surface area (Å²) in [5, 5.41) is 5.05. The van der Waals surface area contributed by atoms with Crippen molar-refractivity contribution in [2.24, 2.45) is 0 Å². The second-order valence-corrected chi connectivity index (χ2v) is 8.83. The third-order valence-electron chi connectivity index (χ3n) is 6.10. The summed E-state index contributed by atoms with van der Waals surface area (Å²) in [5.41, 5.74) is 1.10. The highest BCUT2D eigenvalue weighted by molar-refractivity contribution is 7.12. The van der Waals surface area contributed by atoms with Crippen molar-refractivity contribution in [1.82, 2.24) is 15.1 Å². The van der Waals surface area contributed by atoms with Gasteiger partial charge in [-0.3, -0.25) is 14.5 Å². The number of hydrogen-bond acceptors (Lipinski definition) is 5. The van der Waals surface area contributed by atoms with Crippen LogP contribution in [0.15, 0.2) is 41.8 Å². The van der Waals surface area contributed by atoms with Crippen molar-refractivity contribution in [3.05, 3.63) is 52.2 Å². The zero-order valence-corrected chi connectivity index (χ0v) is 18.2. The van der Waals surface area contributed by atoms with E-state index in [1.165, 1.54) is 24.2 Å². The number of likely N-dealkylation sites (tertiary alicyclic amines) is 2. The standard InChI is InChI=1S/C23H29N3O3S/c1-29-20-10-3-2-8-17(20)19(25-12-4-5-13-25)16-24-22(27)18-9-6-14-26(18)23(28)21-11-7-15-30-21/h2-3,7-8,10-11,15,18-19H,4-6,9,12-14,16H2,1H3,(H,24,27). The molecular formula is C23H29N3O3S. The lowest BCUT2D eigenvalue weighted by atomic mass is 10.0. The Morgan fingerprint density at radius 1 is 1.13 bits per heavy atom. The summed E-state index contributed by atoms with van der Waals surface area (Å²) in [4.78, 5) is 30.7. The van der Waals surface area contributed by atoms with Gasteiger partial charge in [-0.1, -0.05) is 24.3 Å². The first-order valence-electron chi connectivity index (χ1n) is 10.7. The van der Waals surface area contributed by atoms with E-state index in [1.54, 1.807) is 12.0 Å². The maximum absolute atomic E-state index is 13.1. The first kappa shape index (κ1) is 20.9. The zero-order valence-electron chi connectivity index (χ0n) is 17.4. The van der Waals surface area contributed by atoms with E-state index in [1.807, 2.05) is 35.7 Å². The highest BCUT2D eigenvalue weighted by Crippen LogP contribution is 2.31. The second-order valence-electron chi connectivity index (χ2n) is 7.88. The number of carbonyl (C=O) groups excluding carboxylic acids is 2. The highest BCUT2D eigenvalue weighted by atomic mass is 32.1. The van der Waals surface area contributed by atoms with E-state index in [-0.39, 0.29) is 17.9 Å². The van der Waals surface area contributed by atoms with Crippen molar-refractivity contribution in [3.63, 3.8) is 0 Å². The Morgan fingerprint density at radius 3 is 2.67 bits per heavy atom. The van der Waals surface area contributed by atoms with Gasteiger partial charge in [0.15, 0.2) is 0 Å². The van der Waals surface area contributed by atoms with Gasteiger partial charge in [0.05, 0.1) is 18.0 Å². The smallest absolute Gasteiger partial charge is 0.264 e. The molecule has 2 fully saturated rings. The van der Waals surface area contributed by atoms with E-state index in [2.05, 4.69) is 16.3 Å². The van der Waals surface area contributed by atoms with Crippen LogP contribution in [-0.2, 0) is 4.79 Å².